The molecule has 0 saturated heterocycles. The van der Waals surface area contributed by atoms with E-state index >= 15 is 0 Å². The summed E-state index contributed by atoms with van der Waals surface area (Å²) in [6.45, 7) is 3.82. The highest BCUT2D eigenvalue weighted by Gasteiger charge is 2.09. The number of nitro groups is 1. The number of hydrogen-bond donors (Lipinski definition) is 1. The van der Waals surface area contributed by atoms with Crippen molar-refractivity contribution in [3.63, 3.8) is 0 Å². The van der Waals surface area contributed by atoms with Crippen LogP contribution in [0.25, 0.3) is 11.4 Å². The second kappa shape index (κ2) is 6.25. The van der Waals surface area contributed by atoms with Crippen LogP contribution in [0.2, 0.25) is 0 Å². The molecule has 7 heteroatoms. The van der Waals surface area contributed by atoms with Crippen molar-refractivity contribution in [2.24, 2.45) is 5.92 Å². The molecule has 0 aliphatic heterocycles. The van der Waals surface area contributed by atoms with E-state index in [1.165, 1.54) is 12.1 Å². The number of aromatic nitrogens is 3. The summed E-state index contributed by atoms with van der Waals surface area (Å²) in [6, 6.07) is 6.24. The predicted octanol–water partition coefficient (Wildman–Crippen LogP) is 1.71. The zero-order valence-corrected chi connectivity index (χ0v) is 11.5. The Morgan fingerprint density at radius 1 is 1.40 bits per heavy atom. The topological polar surface area (TPSA) is 85.9 Å². The third-order valence-electron chi connectivity index (χ3n) is 2.92. The molecule has 0 saturated carbocycles. The summed E-state index contributed by atoms with van der Waals surface area (Å²) >= 11 is 0. The van der Waals surface area contributed by atoms with Gasteiger partial charge in [-0.3, -0.25) is 14.8 Å². The van der Waals surface area contributed by atoms with Crippen LogP contribution >= 0.6 is 0 Å². The van der Waals surface area contributed by atoms with Crippen molar-refractivity contribution in [1.29, 1.82) is 0 Å². The molecule has 0 aliphatic carbocycles. The Morgan fingerprint density at radius 2 is 2.10 bits per heavy atom. The van der Waals surface area contributed by atoms with Gasteiger partial charge >= 0.3 is 0 Å². The molecular formula is C13H17N5O2. The summed E-state index contributed by atoms with van der Waals surface area (Å²) in [5.41, 5.74) is 0.839. The van der Waals surface area contributed by atoms with Gasteiger partial charge in [0.05, 0.1) is 4.92 Å². The summed E-state index contributed by atoms with van der Waals surface area (Å²) in [5, 5.41) is 18.1. The molecule has 0 spiro atoms. The maximum atomic E-state index is 10.6. The van der Waals surface area contributed by atoms with E-state index in [1.807, 2.05) is 7.05 Å². The van der Waals surface area contributed by atoms with Crippen LogP contribution in [0.4, 0.5) is 5.69 Å². The molecule has 0 radical (unpaired) electrons. The molecule has 1 aromatic carbocycles. The van der Waals surface area contributed by atoms with Gasteiger partial charge in [-0.15, -0.1) is 0 Å². The van der Waals surface area contributed by atoms with Crippen molar-refractivity contribution in [1.82, 2.24) is 20.1 Å². The maximum absolute atomic E-state index is 10.6. The number of benzene rings is 1. The Kier molecular flexibility index (Phi) is 4.41. The van der Waals surface area contributed by atoms with Gasteiger partial charge in [-0.2, -0.15) is 5.10 Å². The minimum atomic E-state index is -0.421. The van der Waals surface area contributed by atoms with Gasteiger partial charge in [0.1, 0.15) is 6.33 Å². The molecule has 20 heavy (non-hydrogen) atoms. The van der Waals surface area contributed by atoms with Crippen molar-refractivity contribution in [2.75, 3.05) is 13.6 Å². The zero-order chi connectivity index (χ0) is 14.5. The largest absolute Gasteiger partial charge is 0.319 e. The second-order valence-corrected chi connectivity index (χ2v) is 4.76. The van der Waals surface area contributed by atoms with E-state index in [9.17, 15) is 10.1 Å². The van der Waals surface area contributed by atoms with Crippen LogP contribution in [0, 0.1) is 16.0 Å². The summed E-state index contributed by atoms with van der Waals surface area (Å²) < 4.78 is 1.79. The average molecular weight is 275 g/mol. The number of nitrogens with zero attached hydrogens (tertiary/aromatic N) is 4. The number of nitrogens with one attached hydrogen (secondary N) is 1. The third kappa shape index (κ3) is 3.39. The number of non-ortho nitro benzene ring substituents is 1. The van der Waals surface area contributed by atoms with Crippen LogP contribution in [0.15, 0.2) is 30.6 Å². The molecule has 2 aromatic rings. The first kappa shape index (κ1) is 14.1. The van der Waals surface area contributed by atoms with Crippen LogP contribution < -0.4 is 5.32 Å². The molecule has 0 fully saturated rings. The van der Waals surface area contributed by atoms with Gasteiger partial charge in [-0.25, -0.2) is 4.98 Å². The normalized spacial score (nSPS) is 12.3. The fourth-order valence-corrected chi connectivity index (χ4v) is 1.98. The lowest BCUT2D eigenvalue weighted by Gasteiger charge is -2.09. The predicted molar refractivity (Wildman–Crippen MR) is 75.2 cm³/mol. The van der Waals surface area contributed by atoms with Gasteiger partial charge in [0, 0.05) is 24.2 Å². The summed E-state index contributed by atoms with van der Waals surface area (Å²) in [4.78, 5) is 14.4. The van der Waals surface area contributed by atoms with E-state index in [4.69, 9.17) is 0 Å². The summed E-state index contributed by atoms with van der Waals surface area (Å²) in [6.07, 6.45) is 1.68. The molecule has 7 nitrogen and oxygen atoms in total. The highest BCUT2D eigenvalue weighted by molar-refractivity contribution is 5.56. The van der Waals surface area contributed by atoms with E-state index in [-0.39, 0.29) is 5.69 Å². The molecule has 1 N–H and O–H groups in total. The lowest BCUT2D eigenvalue weighted by Crippen LogP contribution is -2.20. The first-order valence-electron chi connectivity index (χ1n) is 6.39. The van der Waals surface area contributed by atoms with Crippen LogP contribution in [0.3, 0.4) is 0 Å². The van der Waals surface area contributed by atoms with Crippen LogP contribution in [0.5, 0.6) is 0 Å². The molecular weight excluding hydrogens is 258 g/mol. The van der Waals surface area contributed by atoms with E-state index < -0.39 is 4.92 Å². The Labute approximate surface area is 116 Å². The quantitative estimate of drug-likeness (QED) is 0.640. The van der Waals surface area contributed by atoms with Crippen molar-refractivity contribution in [3.05, 3.63) is 40.7 Å². The van der Waals surface area contributed by atoms with E-state index in [2.05, 4.69) is 22.3 Å². The van der Waals surface area contributed by atoms with Crippen LogP contribution in [-0.4, -0.2) is 33.3 Å². The van der Waals surface area contributed by atoms with E-state index in [0.717, 1.165) is 18.7 Å². The zero-order valence-electron chi connectivity index (χ0n) is 11.5. The van der Waals surface area contributed by atoms with Crippen LogP contribution in [0.1, 0.15) is 6.92 Å². The van der Waals surface area contributed by atoms with Crippen molar-refractivity contribution in [2.45, 2.75) is 13.5 Å². The smallest absolute Gasteiger partial charge is 0.269 e. The van der Waals surface area contributed by atoms with Gasteiger partial charge in [0.25, 0.3) is 5.69 Å². The molecule has 1 heterocycles. The number of hydrogen-bond acceptors (Lipinski definition) is 5. The Hall–Kier alpha value is -2.28. The Bertz CT molecular complexity index is 579. The van der Waals surface area contributed by atoms with Crippen molar-refractivity contribution in [3.8, 4) is 11.4 Å². The molecule has 0 aliphatic rings. The van der Waals surface area contributed by atoms with E-state index in [0.29, 0.717) is 11.7 Å². The third-order valence-corrected chi connectivity index (χ3v) is 2.92. The van der Waals surface area contributed by atoms with Gasteiger partial charge < -0.3 is 5.32 Å². The SMILES string of the molecule is CNCC(C)Cn1cnc(-c2ccc([N+](=O)[O-])cc2)n1. The molecule has 106 valence electrons. The molecule has 0 amide bonds. The van der Waals surface area contributed by atoms with Crippen molar-refractivity contribution >= 4 is 5.69 Å². The number of nitro benzene ring substituents is 1. The summed E-state index contributed by atoms with van der Waals surface area (Å²) in [7, 11) is 1.92. The standard InChI is InChI=1S/C13H17N5O2/c1-10(7-14-2)8-17-9-15-13(16-17)11-3-5-12(6-4-11)18(19)20/h3-6,9-10,14H,7-8H2,1-2H3. The van der Waals surface area contributed by atoms with Gasteiger partial charge in [-0.05, 0) is 31.6 Å². The molecule has 1 unspecified atom stereocenters. The molecule has 0 bridgehead atoms. The lowest BCUT2D eigenvalue weighted by molar-refractivity contribution is -0.384. The Balaban J connectivity index is 2.10. The minimum absolute atomic E-state index is 0.0656. The average Bonchev–Trinajstić information content (AvgIpc) is 2.87. The second-order valence-electron chi connectivity index (χ2n) is 4.76. The van der Waals surface area contributed by atoms with Gasteiger partial charge in [-0.1, -0.05) is 6.92 Å². The van der Waals surface area contributed by atoms with Crippen molar-refractivity contribution < 1.29 is 4.92 Å². The molecule has 2 rings (SSSR count). The number of rotatable bonds is 6. The highest BCUT2D eigenvalue weighted by Crippen LogP contribution is 2.19. The van der Waals surface area contributed by atoms with Gasteiger partial charge in [0.15, 0.2) is 5.82 Å². The van der Waals surface area contributed by atoms with Gasteiger partial charge in [0.2, 0.25) is 0 Å². The maximum Gasteiger partial charge on any atom is 0.269 e. The minimum Gasteiger partial charge on any atom is -0.319 e. The Morgan fingerprint density at radius 3 is 2.70 bits per heavy atom. The molecule has 1 aromatic heterocycles. The fourth-order valence-electron chi connectivity index (χ4n) is 1.98. The van der Waals surface area contributed by atoms with E-state index in [1.54, 1.807) is 23.1 Å². The monoisotopic (exact) mass is 275 g/mol. The lowest BCUT2D eigenvalue weighted by atomic mass is 10.2. The first-order chi connectivity index (χ1) is 9.60. The highest BCUT2D eigenvalue weighted by atomic mass is 16.6. The summed E-state index contributed by atoms with van der Waals surface area (Å²) in [5.74, 6) is 1.03. The van der Waals surface area contributed by atoms with Crippen LogP contribution in [-0.2, 0) is 6.54 Å². The fraction of sp³-hybridized carbons (Fsp3) is 0.385. The first-order valence-corrected chi connectivity index (χ1v) is 6.39. The molecule has 1 atom stereocenters.